The molecule has 82 valence electrons. The first-order chi connectivity index (χ1) is 7.77. The van der Waals surface area contributed by atoms with Gasteiger partial charge in [-0.15, -0.1) is 0 Å². The number of hydrogen-bond donors (Lipinski definition) is 1. The van der Waals surface area contributed by atoms with Gasteiger partial charge in [-0.1, -0.05) is 30.3 Å². The van der Waals surface area contributed by atoms with Gasteiger partial charge in [-0.05, 0) is 24.3 Å². The molecule has 0 heterocycles. The second kappa shape index (κ2) is 6.93. The average Bonchev–Trinajstić information content (AvgIpc) is 2.31. The van der Waals surface area contributed by atoms with E-state index in [-0.39, 0.29) is 52.8 Å². The van der Waals surface area contributed by atoms with Crippen molar-refractivity contribution < 1.29 is 62.3 Å². The quantitative estimate of drug-likeness (QED) is 0.763. The van der Waals surface area contributed by atoms with Gasteiger partial charge in [-0.25, -0.2) is 0 Å². The minimum Gasteiger partial charge on any atom is -1.00 e. The van der Waals surface area contributed by atoms with E-state index in [2.05, 4.69) is 0 Å². The van der Waals surface area contributed by atoms with Gasteiger partial charge in [0.05, 0.1) is 5.56 Å². The summed E-state index contributed by atoms with van der Waals surface area (Å²) in [5, 5.41) is 0. The van der Waals surface area contributed by atoms with E-state index in [0.717, 1.165) is 0 Å². The summed E-state index contributed by atoms with van der Waals surface area (Å²) >= 11 is 0. The summed E-state index contributed by atoms with van der Waals surface area (Å²) in [6.07, 6.45) is 0. The predicted octanol–water partition coefficient (Wildman–Crippen LogP) is -0.306. The second-order valence-corrected chi connectivity index (χ2v) is 3.28. The van der Waals surface area contributed by atoms with Crippen LogP contribution < -0.4 is 61.9 Å². The summed E-state index contributed by atoms with van der Waals surface area (Å²) in [7, 11) is 0. The molecule has 17 heavy (non-hydrogen) atoms. The second-order valence-electron chi connectivity index (χ2n) is 3.28. The van der Waals surface area contributed by atoms with E-state index in [1.54, 1.807) is 24.3 Å². The smallest absolute Gasteiger partial charge is 1.00 e. The molecule has 0 fully saturated rings. The molecule has 0 saturated heterocycles. The molecule has 0 aromatic heterocycles. The molecule has 2 N–H and O–H groups in total. The van der Waals surface area contributed by atoms with Crippen LogP contribution in [0.25, 0.3) is 0 Å². The first-order valence-corrected chi connectivity index (χ1v) is 4.89. The molecule has 2 aromatic carbocycles. The average molecular weight is 253 g/mol. The molecular weight excluding hydrogens is 241 g/mol. The standard InChI is InChI=1S/C13H11NO2.K.H/c14-13(15)11-8-4-5-9-12(11)16-10-6-2-1-3-7-10;;/h1-9H,(H2,14,15);;/q;+1;-1. The maximum Gasteiger partial charge on any atom is 1.00 e. The van der Waals surface area contributed by atoms with Gasteiger partial charge in [0.1, 0.15) is 11.5 Å². The molecule has 1 amide bonds. The van der Waals surface area contributed by atoms with Crippen molar-refractivity contribution in [2.45, 2.75) is 0 Å². The summed E-state index contributed by atoms with van der Waals surface area (Å²) in [4.78, 5) is 11.2. The number of para-hydroxylation sites is 2. The van der Waals surface area contributed by atoms with Crippen LogP contribution in [0.4, 0.5) is 0 Å². The first-order valence-electron chi connectivity index (χ1n) is 4.89. The van der Waals surface area contributed by atoms with Gasteiger partial charge in [0.25, 0.3) is 5.91 Å². The monoisotopic (exact) mass is 253 g/mol. The summed E-state index contributed by atoms with van der Waals surface area (Å²) in [6, 6.07) is 16.2. The molecule has 0 radical (unpaired) electrons. The van der Waals surface area contributed by atoms with E-state index in [1.165, 1.54) is 0 Å². The van der Waals surface area contributed by atoms with Crippen molar-refractivity contribution in [3.8, 4) is 11.5 Å². The van der Waals surface area contributed by atoms with Gasteiger partial charge in [0.15, 0.2) is 0 Å². The molecule has 0 aliphatic heterocycles. The Bertz CT molecular complexity index is 505. The number of amides is 1. The minimum atomic E-state index is -0.494. The molecule has 2 aromatic rings. The number of carbonyl (C=O) groups excluding carboxylic acids is 1. The molecule has 4 heteroatoms. The van der Waals surface area contributed by atoms with Crippen LogP contribution in [0.3, 0.4) is 0 Å². The van der Waals surface area contributed by atoms with E-state index in [4.69, 9.17) is 10.5 Å². The van der Waals surface area contributed by atoms with Crippen LogP contribution in [0.1, 0.15) is 11.8 Å². The SMILES string of the molecule is NC(=O)c1ccccc1Oc1ccccc1.[H-].[K+]. The number of nitrogens with two attached hydrogens (primary N) is 1. The summed E-state index contributed by atoms with van der Waals surface area (Å²) in [5.41, 5.74) is 5.63. The Kier molecular flexibility index (Phi) is 5.87. The molecule has 0 bridgehead atoms. The Morgan fingerprint density at radius 2 is 1.59 bits per heavy atom. The Balaban J connectivity index is 0.00000144. The third-order valence-electron chi connectivity index (χ3n) is 2.12. The van der Waals surface area contributed by atoms with E-state index < -0.39 is 5.91 Å². The number of primary amides is 1. The van der Waals surface area contributed by atoms with Crippen LogP contribution in [0.5, 0.6) is 11.5 Å². The summed E-state index contributed by atoms with van der Waals surface area (Å²) in [5.74, 6) is 0.656. The van der Waals surface area contributed by atoms with Crippen molar-refractivity contribution in [3.05, 3.63) is 60.2 Å². The van der Waals surface area contributed by atoms with Gasteiger partial charge in [0, 0.05) is 0 Å². The molecule has 0 spiro atoms. The number of hydrogen-bond acceptors (Lipinski definition) is 2. The Morgan fingerprint density at radius 1 is 1.00 bits per heavy atom. The van der Waals surface area contributed by atoms with Crippen LogP contribution >= 0.6 is 0 Å². The van der Waals surface area contributed by atoms with E-state index in [0.29, 0.717) is 17.1 Å². The fourth-order valence-corrected chi connectivity index (χ4v) is 1.37. The van der Waals surface area contributed by atoms with Gasteiger partial charge < -0.3 is 11.9 Å². The van der Waals surface area contributed by atoms with Crippen molar-refractivity contribution in [1.82, 2.24) is 0 Å². The molecule has 0 atom stereocenters. The van der Waals surface area contributed by atoms with E-state index in [1.807, 2.05) is 30.3 Å². The number of benzene rings is 2. The fourth-order valence-electron chi connectivity index (χ4n) is 1.37. The molecule has 0 aliphatic rings. The van der Waals surface area contributed by atoms with Gasteiger partial charge >= 0.3 is 51.4 Å². The third kappa shape index (κ3) is 3.94. The van der Waals surface area contributed by atoms with Crippen molar-refractivity contribution in [3.63, 3.8) is 0 Å². The molecule has 0 saturated carbocycles. The van der Waals surface area contributed by atoms with Crippen molar-refractivity contribution in [1.29, 1.82) is 0 Å². The van der Waals surface area contributed by atoms with Crippen LogP contribution in [0.2, 0.25) is 0 Å². The van der Waals surface area contributed by atoms with Crippen LogP contribution in [0, 0.1) is 0 Å². The maximum absolute atomic E-state index is 11.2. The van der Waals surface area contributed by atoms with E-state index in [9.17, 15) is 4.79 Å². The normalized spacial score (nSPS) is 9.18. The van der Waals surface area contributed by atoms with Gasteiger partial charge in [0.2, 0.25) is 0 Å². The molecular formula is C13H12KNO2. The summed E-state index contributed by atoms with van der Waals surface area (Å²) < 4.78 is 5.57. The Hall–Kier alpha value is -0.654. The van der Waals surface area contributed by atoms with Crippen molar-refractivity contribution in [2.24, 2.45) is 5.73 Å². The number of carbonyl (C=O) groups is 1. The van der Waals surface area contributed by atoms with Crippen LogP contribution in [-0.2, 0) is 0 Å². The molecule has 2 rings (SSSR count). The largest absolute Gasteiger partial charge is 1.00 e. The molecule has 3 nitrogen and oxygen atoms in total. The summed E-state index contributed by atoms with van der Waals surface area (Å²) in [6.45, 7) is 0. The maximum atomic E-state index is 11.2. The molecule has 0 aliphatic carbocycles. The predicted molar refractivity (Wildman–Crippen MR) is 62.6 cm³/mol. The topological polar surface area (TPSA) is 52.3 Å². The Morgan fingerprint density at radius 3 is 2.24 bits per heavy atom. The van der Waals surface area contributed by atoms with Crippen LogP contribution in [-0.4, -0.2) is 5.91 Å². The zero-order valence-corrected chi connectivity index (χ0v) is 12.7. The Labute approximate surface area is 144 Å². The fraction of sp³-hybridized carbons (Fsp3) is 0. The zero-order valence-electron chi connectivity index (χ0n) is 10.6. The number of ether oxygens (including phenoxy) is 1. The van der Waals surface area contributed by atoms with Gasteiger partial charge in [-0.2, -0.15) is 0 Å². The van der Waals surface area contributed by atoms with Crippen molar-refractivity contribution in [2.75, 3.05) is 0 Å². The van der Waals surface area contributed by atoms with Crippen molar-refractivity contribution >= 4 is 5.91 Å². The third-order valence-corrected chi connectivity index (χ3v) is 2.12. The van der Waals surface area contributed by atoms with Crippen LogP contribution in [0.15, 0.2) is 54.6 Å². The van der Waals surface area contributed by atoms with E-state index >= 15 is 0 Å². The number of rotatable bonds is 3. The molecule has 0 unspecified atom stereocenters. The zero-order chi connectivity index (χ0) is 11.4. The van der Waals surface area contributed by atoms with Gasteiger partial charge in [-0.3, -0.25) is 4.79 Å². The minimum absolute atomic E-state index is 0. The first kappa shape index (κ1) is 14.4.